The van der Waals surface area contributed by atoms with Crippen LogP contribution in [0.4, 0.5) is 0 Å². The summed E-state index contributed by atoms with van der Waals surface area (Å²) in [5.41, 5.74) is 4.56. The molecule has 0 aliphatic carbocycles. The molecule has 2 aliphatic rings. The van der Waals surface area contributed by atoms with E-state index in [2.05, 4.69) is 9.88 Å². The van der Waals surface area contributed by atoms with Crippen LogP contribution >= 0.6 is 0 Å². The highest BCUT2D eigenvalue weighted by Crippen LogP contribution is 2.42. The van der Waals surface area contributed by atoms with Crippen molar-refractivity contribution in [3.05, 3.63) is 89.1 Å². The Bertz CT molecular complexity index is 1460. The van der Waals surface area contributed by atoms with Gasteiger partial charge in [-0.3, -0.25) is 14.7 Å². The highest BCUT2D eigenvalue weighted by Gasteiger charge is 2.33. The predicted octanol–water partition coefficient (Wildman–Crippen LogP) is 4.55. The lowest BCUT2D eigenvalue weighted by Gasteiger charge is -2.29. The fourth-order valence-electron chi connectivity index (χ4n) is 4.64. The van der Waals surface area contributed by atoms with E-state index >= 15 is 0 Å². The van der Waals surface area contributed by atoms with Crippen molar-refractivity contribution in [3.63, 3.8) is 0 Å². The molecule has 2 aliphatic heterocycles. The Hall–Kier alpha value is -4.10. The molecule has 6 rings (SSSR count). The first-order chi connectivity index (χ1) is 16.6. The second kappa shape index (κ2) is 8.04. The van der Waals surface area contributed by atoms with Crippen molar-refractivity contribution in [2.75, 3.05) is 13.8 Å². The average Bonchev–Trinajstić information content (AvgIpc) is 3.35. The fraction of sp³-hybridized carbons (Fsp3) is 0.185. The van der Waals surface area contributed by atoms with Gasteiger partial charge in [0.2, 0.25) is 5.78 Å². The van der Waals surface area contributed by atoms with Crippen LogP contribution in [0, 0.1) is 0 Å². The summed E-state index contributed by atoms with van der Waals surface area (Å²) < 4.78 is 19.6. The summed E-state index contributed by atoms with van der Waals surface area (Å²) in [5, 5.41) is 0.996. The number of fused-ring (bicyclic) bond motifs is 4. The Morgan fingerprint density at radius 3 is 2.82 bits per heavy atom. The summed E-state index contributed by atoms with van der Waals surface area (Å²) in [5.74, 6) is 2.30. The minimum absolute atomic E-state index is 0.121. The normalized spacial score (nSPS) is 16.3. The summed E-state index contributed by atoms with van der Waals surface area (Å²) in [6, 6.07) is 13.5. The molecule has 0 amide bonds. The van der Waals surface area contributed by atoms with Crippen LogP contribution in [-0.4, -0.2) is 34.1 Å². The molecule has 170 valence electrons. The zero-order chi connectivity index (χ0) is 23.2. The lowest BCUT2D eigenvalue weighted by Crippen LogP contribution is -2.31. The Balaban J connectivity index is 1.33. The van der Waals surface area contributed by atoms with Gasteiger partial charge in [-0.25, -0.2) is 0 Å². The number of carbonyl (C=O) groups is 1. The van der Waals surface area contributed by atoms with Crippen LogP contribution in [-0.2, 0) is 20.1 Å². The molecule has 0 atom stereocenters. The molecule has 0 saturated carbocycles. The van der Waals surface area contributed by atoms with E-state index in [1.165, 1.54) is 0 Å². The number of ether oxygens (including phenoxy) is 3. The first-order valence-electron chi connectivity index (χ1n) is 11.1. The van der Waals surface area contributed by atoms with Crippen LogP contribution in [0.15, 0.2) is 66.8 Å². The second-order valence-corrected chi connectivity index (χ2v) is 8.55. The minimum Gasteiger partial charge on any atom is -0.497 e. The van der Waals surface area contributed by atoms with Crippen molar-refractivity contribution >= 4 is 22.8 Å². The third kappa shape index (κ3) is 3.41. The van der Waals surface area contributed by atoms with Crippen molar-refractivity contribution < 1.29 is 19.0 Å². The molecule has 0 N–H and O–H groups in total. The maximum absolute atomic E-state index is 13.2. The molecule has 0 saturated heterocycles. The Labute approximate surface area is 196 Å². The Morgan fingerprint density at radius 1 is 1.15 bits per heavy atom. The van der Waals surface area contributed by atoms with Crippen molar-refractivity contribution in [2.24, 2.45) is 7.05 Å². The van der Waals surface area contributed by atoms with Crippen molar-refractivity contribution in [1.29, 1.82) is 0 Å². The van der Waals surface area contributed by atoms with Gasteiger partial charge < -0.3 is 18.8 Å². The number of benzene rings is 2. The van der Waals surface area contributed by atoms with Gasteiger partial charge in [0.05, 0.1) is 18.2 Å². The highest BCUT2D eigenvalue weighted by atomic mass is 16.5. The topological polar surface area (TPSA) is 65.8 Å². The number of hydrogen-bond acceptors (Lipinski definition) is 6. The summed E-state index contributed by atoms with van der Waals surface area (Å²) in [6.45, 7) is 1.83. The Morgan fingerprint density at radius 2 is 2.00 bits per heavy atom. The van der Waals surface area contributed by atoms with E-state index < -0.39 is 0 Å². The van der Waals surface area contributed by atoms with Gasteiger partial charge in [-0.1, -0.05) is 0 Å². The molecular formula is C27H23N3O4. The molecule has 7 nitrogen and oxygen atoms in total. The number of allylic oxidation sites excluding steroid dienone is 1. The summed E-state index contributed by atoms with van der Waals surface area (Å²) in [4.78, 5) is 19.5. The van der Waals surface area contributed by atoms with E-state index in [4.69, 9.17) is 14.2 Å². The number of pyridine rings is 1. The number of ketones is 1. The average molecular weight is 453 g/mol. The number of aromatic nitrogens is 2. The van der Waals surface area contributed by atoms with Gasteiger partial charge in [0.1, 0.15) is 24.0 Å². The fourth-order valence-corrected chi connectivity index (χ4v) is 4.64. The van der Waals surface area contributed by atoms with Gasteiger partial charge >= 0.3 is 0 Å². The standard InChI is InChI=1S/C27H23N3O4/c1-29-14-18(21-12-19(32-2)3-5-23(21)29)11-25-26(31)20-4-6-24-22(27(20)34-25)15-30(16-33-24)13-17-7-9-28-10-8-17/h3-12,14H,13,15-16H2,1-2H3/b25-11-. The number of rotatable bonds is 4. The molecule has 0 radical (unpaired) electrons. The van der Waals surface area contributed by atoms with Crippen LogP contribution in [0.3, 0.4) is 0 Å². The van der Waals surface area contributed by atoms with Crippen LogP contribution in [0.2, 0.25) is 0 Å². The lowest BCUT2D eigenvalue weighted by atomic mass is 10.0. The number of methoxy groups -OCH3 is 1. The van der Waals surface area contributed by atoms with Gasteiger partial charge in [-0.15, -0.1) is 0 Å². The van der Waals surface area contributed by atoms with Gasteiger partial charge in [0.25, 0.3) is 0 Å². The third-order valence-corrected chi connectivity index (χ3v) is 6.35. The van der Waals surface area contributed by atoms with Crippen LogP contribution in [0.1, 0.15) is 27.0 Å². The zero-order valence-electron chi connectivity index (χ0n) is 18.9. The molecule has 34 heavy (non-hydrogen) atoms. The highest BCUT2D eigenvalue weighted by molar-refractivity contribution is 6.15. The zero-order valence-corrected chi connectivity index (χ0v) is 18.9. The summed E-state index contributed by atoms with van der Waals surface area (Å²) in [6.07, 6.45) is 7.38. The molecule has 2 aromatic carbocycles. The van der Waals surface area contributed by atoms with Crippen LogP contribution < -0.4 is 14.2 Å². The van der Waals surface area contributed by atoms with Gasteiger partial charge in [0, 0.05) is 55.2 Å². The molecule has 4 aromatic rings. The number of aryl methyl sites for hydroxylation is 1. The lowest BCUT2D eigenvalue weighted by molar-refractivity contribution is 0.0872. The number of Topliss-reactive ketones (excluding diaryl/α,β-unsaturated/α-hetero) is 1. The SMILES string of the molecule is COc1ccc2c(c1)c(/C=C1\Oc3c(ccc4c3CN(Cc3ccncc3)CO4)C1=O)cn2C. The molecular weight excluding hydrogens is 430 g/mol. The van der Waals surface area contributed by atoms with Crippen molar-refractivity contribution in [3.8, 4) is 17.2 Å². The first kappa shape index (κ1) is 20.5. The first-order valence-corrected chi connectivity index (χ1v) is 11.1. The van der Waals surface area contributed by atoms with Crippen LogP contribution in [0.5, 0.6) is 17.2 Å². The number of carbonyl (C=O) groups excluding carboxylic acids is 1. The molecule has 0 bridgehead atoms. The summed E-state index contributed by atoms with van der Waals surface area (Å²) >= 11 is 0. The van der Waals surface area contributed by atoms with Crippen LogP contribution in [0.25, 0.3) is 17.0 Å². The van der Waals surface area contributed by atoms with Crippen molar-refractivity contribution in [1.82, 2.24) is 14.5 Å². The quantitative estimate of drug-likeness (QED) is 0.423. The van der Waals surface area contributed by atoms with Gasteiger partial charge in [-0.05, 0) is 54.1 Å². The van der Waals surface area contributed by atoms with Gasteiger partial charge in [0.15, 0.2) is 5.76 Å². The molecule has 7 heteroatoms. The predicted molar refractivity (Wildman–Crippen MR) is 128 cm³/mol. The smallest absolute Gasteiger partial charge is 0.231 e. The van der Waals surface area contributed by atoms with E-state index in [1.807, 2.05) is 60.3 Å². The third-order valence-electron chi connectivity index (χ3n) is 6.35. The molecule has 0 unspecified atom stereocenters. The largest absolute Gasteiger partial charge is 0.497 e. The van der Waals surface area contributed by atoms with Crippen molar-refractivity contribution in [2.45, 2.75) is 13.1 Å². The molecule has 0 fully saturated rings. The second-order valence-electron chi connectivity index (χ2n) is 8.55. The van der Waals surface area contributed by atoms with E-state index in [0.717, 1.165) is 45.6 Å². The van der Waals surface area contributed by atoms with E-state index in [0.29, 0.717) is 30.3 Å². The molecule has 2 aromatic heterocycles. The van der Waals surface area contributed by atoms with E-state index in [1.54, 1.807) is 25.6 Å². The molecule has 0 spiro atoms. The monoisotopic (exact) mass is 453 g/mol. The van der Waals surface area contributed by atoms with Gasteiger partial charge in [-0.2, -0.15) is 0 Å². The van der Waals surface area contributed by atoms with E-state index in [9.17, 15) is 4.79 Å². The summed E-state index contributed by atoms with van der Waals surface area (Å²) in [7, 11) is 3.62. The van der Waals surface area contributed by atoms with E-state index in [-0.39, 0.29) is 5.78 Å². The minimum atomic E-state index is -0.121. The Kier molecular flexibility index (Phi) is 4.85. The number of hydrogen-bond donors (Lipinski definition) is 0. The maximum atomic E-state index is 13.2. The number of nitrogens with zero attached hydrogens (tertiary/aromatic N) is 3. The maximum Gasteiger partial charge on any atom is 0.231 e. The molecule has 4 heterocycles.